The third-order valence-electron chi connectivity index (χ3n) is 5.55. The number of aryl methyl sites for hydroxylation is 1. The van der Waals surface area contributed by atoms with Gasteiger partial charge in [0.15, 0.2) is 5.82 Å². The molecule has 2 amide bonds. The molecule has 0 aromatic carbocycles. The van der Waals surface area contributed by atoms with Gasteiger partial charge in [0.1, 0.15) is 0 Å². The number of amides is 2. The number of hydrogen-bond donors (Lipinski definition) is 2. The van der Waals surface area contributed by atoms with E-state index in [-0.39, 0.29) is 23.6 Å². The molecule has 9 nitrogen and oxygen atoms in total. The summed E-state index contributed by atoms with van der Waals surface area (Å²) < 4.78 is 46.6. The van der Waals surface area contributed by atoms with Crippen molar-refractivity contribution in [2.45, 2.75) is 58.4 Å². The molecule has 0 radical (unpaired) electrons. The van der Waals surface area contributed by atoms with Crippen molar-refractivity contribution in [3.8, 4) is 0 Å². The van der Waals surface area contributed by atoms with Gasteiger partial charge in [0.05, 0.1) is 23.6 Å². The molecule has 2 aromatic rings. The summed E-state index contributed by atoms with van der Waals surface area (Å²) in [5.74, 6) is -0.600. The van der Waals surface area contributed by atoms with Crippen molar-refractivity contribution < 1.29 is 17.6 Å². The van der Waals surface area contributed by atoms with E-state index in [4.69, 9.17) is 0 Å². The van der Waals surface area contributed by atoms with Gasteiger partial charge < -0.3 is 10.2 Å². The SMILES string of the molecule is CC(C)c1sc(C(C)C)c(NC(=O)NS(=O)(=O)N(c2cnn(C)c2)C2CCCN(C)C2)c1F. The normalized spacial score (nSPS) is 17.5. The second kappa shape index (κ2) is 9.98. The second-order valence-electron chi connectivity index (χ2n) is 9.12. The number of nitrogens with one attached hydrogen (secondary N) is 2. The minimum atomic E-state index is -4.29. The first-order valence-electron chi connectivity index (χ1n) is 11.0. The summed E-state index contributed by atoms with van der Waals surface area (Å²) in [4.78, 5) is 16.0. The van der Waals surface area contributed by atoms with E-state index in [9.17, 15) is 13.2 Å². The molecule has 1 fully saturated rings. The zero-order chi connectivity index (χ0) is 24.5. The van der Waals surface area contributed by atoms with E-state index in [0.717, 1.165) is 13.0 Å². The predicted octanol–water partition coefficient (Wildman–Crippen LogP) is 3.83. The van der Waals surface area contributed by atoms with Crippen LogP contribution in [-0.4, -0.2) is 55.3 Å². The van der Waals surface area contributed by atoms with Crippen molar-refractivity contribution in [1.29, 1.82) is 0 Å². The van der Waals surface area contributed by atoms with Gasteiger partial charge in [-0.15, -0.1) is 11.3 Å². The molecular formula is C21H33FN6O3S2. The molecule has 1 aliphatic rings. The Morgan fingerprint density at radius 1 is 1.24 bits per heavy atom. The number of halogens is 1. The summed E-state index contributed by atoms with van der Waals surface area (Å²) in [5, 5.41) is 6.56. The first-order chi connectivity index (χ1) is 15.4. The van der Waals surface area contributed by atoms with E-state index in [1.54, 1.807) is 13.2 Å². The Kier molecular flexibility index (Phi) is 7.69. The molecule has 12 heteroatoms. The number of urea groups is 1. The van der Waals surface area contributed by atoms with Crippen molar-refractivity contribution in [2.75, 3.05) is 29.8 Å². The molecule has 0 aliphatic carbocycles. The fourth-order valence-electron chi connectivity index (χ4n) is 4.04. The van der Waals surface area contributed by atoms with Gasteiger partial charge in [0, 0.05) is 29.5 Å². The van der Waals surface area contributed by atoms with E-state index in [2.05, 4.69) is 20.0 Å². The molecule has 1 unspecified atom stereocenters. The Hall–Kier alpha value is -2.18. The van der Waals surface area contributed by atoms with Gasteiger partial charge in [-0.25, -0.2) is 18.2 Å². The van der Waals surface area contributed by atoms with Crippen LogP contribution in [0.5, 0.6) is 0 Å². The number of thiophene rings is 1. The van der Waals surface area contributed by atoms with Gasteiger partial charge >= 0.3 is 16.2 Å². The third kappa shape index (κ3) is 5.67. The number of likely N-dealkylation sites (N-methyl/N-ethyl adjacent to an activating group) is 1. The monoisotopic (exact) mass is 500 g/mol. The number of piperidine rings is 1. The smallest absolute Gasteiger partial charge is 0.304 e. The van der Waals surface area contributed by atoms with Gasteiger partial charge in [-0.3, -0.25) is 4.68 Å². The van der Waals surface area contributed by atoms with Crippen molar-refractivity contribution >= 4 is 39.0 Å². The van der Waals surface area contributed by atoms with Crippen LogP contribution in [0.15, 0.2) is 12.4 Å². The number of rotatable bonds is 7. The lowest BCUT2D eigenvalue weighted by Gasteiger charge is -2.37. The van der Waals surface area contributed by atoms with Gasteiger partial charge in [-0.05, 0) is 38.3 Å². The average Bonchev–Trinajstić information content (AvgIpc) is 3.25. The Balaban J connectivity index is 1.88. The molecule has 1 atom stereocenters. The lowest BCUT2D eigenvalue weighted by molar-refractivity contribution is 0.251. The molecule has 2 N–H and O–H groups in total. The number of likely N-dealkylation sites (tertiary alicyclic amines) is 1. The summed E-state index contributed by atoms with van der Waals surface area (Å²) in [6, 6.07) is -1.36. The fourth-order valence-corrected chi connectivity index (χ4v) is 6.51. The summed E-state index contributed by atoms with van der Waals surface area (Å²) in [5.41, 5.74) is 0.404. The maximum absolute atomic E-state index is 15.0. The third-order valence-corrected chi connectivity index (χ3v) is 8.78. The molecule has 0 saturated carbocycles. The number of carbonyl (C=O) groups is 1. The summed E-state index contributed by atoms with van der Waals surface area (Å²) in [6.07, 6.45) is 4.53. The van der Waals surface area contributed by atoms with Crippen molar-refractivity contribution in [3.05, 3.63) is 28.0 Å². The second-order valence-corrected chi connectivity index (χ2v) is 11.7. The molecular weight excluding hydrogens is 467 g/mol. The van der Waals surface area contributed by atoms with E-state index in [1.807, 2.05) is 34.7 Å². The van der Waals surface area contributed by atoms with Gasteiger partial charge in [-0.1, -0.05) is 27.7 Å². The highest BCUT2D eigenvalue weighted by Gasteiger charge is 2.35. The summed E-state index contributed by atoms with van der Waals surface area (Å²) >= 11 is 1.30. The van der Waals surface area contributed by atoms with Gasteiger partial charge in [0.25, 0.3) is 0 Å². The summed E-state index contributed by atoms with van der Waals surface area (Å²) in [7, 11) is -0.663. The van der Waals surface area contributed by atoms with E-state index < -0.39 is 22.1 Å². The van der Waals surface area contributed by atoms with Crippen molar-refractivity contribution in [2.24, 2.45) is 7.05 Å². The van der Waals surface area contributed by atoms with Crippen LogP contribution in [0.1, 0.15) is 62.1 Å². The maximum atomic E-state index is 15.0. The molecule has 3 heterocycles. The number of anilines is 2. The van der Waals surface area contributed by atoms with Gasteiger partial charge in [-0.2, -0.15) is 13.5 Å². The number of hydrogen-bond acceptors (Lipinski definition) is 6. The molecule has 0 spiro atoms. The zero-order valence-corrected chi connectivity index (χ0v) is 21.6. The molecule has 0 bridgehead atoms. The van der Waals surface area contributed by atoms with Crippen molar-refractivity contribution in [3.63, 3.8) is 0 Å². The molecule has 3 rings (SSSR count). The van der Waals surface area contributed by atoms with Crippen LogP contribution in [0.3, 0.4) is 0 Å². The van der Waals surface area contributed by atoms with E-state index in [1.165, 1.54) is 26.5 Å². The van der Waals surface area contributed by atoms with Gasteiger partial charge in [0.2, 0.25) is 0 Å². The molecule has 33 heavy (non-hydrogen) atoms. The Morgan fingerprint density at radius 3 is 2.45 bits per heavy atom. The van der Waals surface area contributed by atoms with Crippen LogP contribution < -0.4 is 14.3 Å². The quantitative estimate of drug-likeness (QED) is 0.602. The van der Waals surface area contributed by atoms with Crippen LogP contribution in [0.2, 0.25) is 0 Å². The Labute approximate surface area is 199 Å². The van der Waals surface area contributed by atoms with E-state index >= 15 is 4.39 Å². The number of nitrogens with zero attached hydrogens (tertiary/aromatic N) is 4. The minimum absolute atomic E-state index is 0.0337. The molecule has 2 aromatic heterocycles. The molecule has 184 valence electrons. The number of aromatic nitrogens is 2. The topological polar surface area (TPSA) is 99.6 Å². The lowest BCUT2D eigenvalue weighted by Crippen LogP contribution is -2.54. The van der Waals surface area contributed by atoms with Crippen LogP contribution in [0.4, 0.5) is 20.6 Å². The molecule has 1 saturated heterocycles. The minimum Gasteiger partial charge on any atom is -0.304 e. The van der Waals surface area contributed by atoms with Crippen LogP contribution in [0, 0.1) is 5.82 Å². The fraction of sp³-hybridized carbons (Fsp3) is 0.619. The van der Waals surface area contributed by atoms with Crippen LogP contribution in [0.25, 0.3) is 0 Å². The Morgan fingerprint density at radius 2 is 1.91 bits per heavy atom. The summed E-state index contributed by atoms with van der Waals surface area (Å²) in [6.45, 7) is 8.95. The largest absolute Gasteiger partial charge is 0.334 e. The first kappa shape index (κ1) is 25.4. The predicted molar refractivity (Wildman–Crippen MR) is 130 cm³/mol. The van der Waals surface area contributed by atoms with Crippen LogP contribution >= 0.6 is 11.3 Å². The Bertz CT molecular complexity index is 1100. The number of carbonyl (C=O) groups excluding carboxylic acids is 1. The average molecular weight is 501 g/mol. The van der Waals surface area contributed by atoms with Crippen molar-refractivity contribution in [1.82, 2.24) is 19.4 Å². The highest BCUT2D eigenvalue weighted by Crippen LogP contribution is 2.40. The lowest BCUT2D eigenvalue weighted by atomic mass is 10.1. The molecule has 1 aliphatic heterocycles. The maximum Gasteiger partial charge on any atom is 0.334 e. The highest BCUT2D eigenvalue weighted by atomic mass is 32.2. The standard InChI is InChI=1S/C21H33FN6O3S2/c1-13(2)19-17(22)18(20(32-19)14(3)4)24-21(29)25-33(30,31)28(16-10-23-27(6)12-16)15-8-7-9-26(5)11-15/h10,12-15H,7-9,11H2,1-6H3,(H2,24,25,29). The highest BCUT2D eigenvalue weighted by molar-refractivity contribution is 7.91. The van der Waals surface area contributed by atoms with E-state index in [0.29, 0.717) is 28.4 Å². The zero-order valence-electron chi connectivity index (χ0n) is 19.9. The first-order valence-corrected chi connectivity index (χ1v) is 13.3. The van der Waals surface area contributed by atoms with Crippen LogP contribution in [-0.2, 0) is 17.3 Å².